The van der Waals surface area contributed by atoms with Crippen LogP contribution in [-0.2, 0) is 73.1 Å². The van der Waals surface area contributed by atoms with Crippen LogP contribution in [0.2, 0.25) is 0 Å². The number of unbranched alkanes of at least 4 members (excludes halogenated alkanes) is 3. The second kappa shape index (κ2) is 21.4. The average molecular weight is 733 g/mol. The quantitative estimate of drug-likeness (QED) is 0.0893. The highest BCUT2D eigenvalue weighted by atomic mass is 16.7. The Hall–Kier alpha value is -5.01. The number of hydrogen-bond acceptors (Lipinski definition) is 14. The molecule has 0 bridgehead atoms. The van der Waals surface area contributed by atoms with Crippen molar-refractivity contribution in [3.05, 3.63) is 35.4 Å². The molecule has 2 N–H and O–H groups in total. The van der Waals surface area contributed by atoms with Crippen LogP contribution in [0.4, 0.5) is 0 Å². The Balaban J connectivity index is 2.64. The summed E-state index contributed by atoms with van der Waals surface area (Å²) in [6, 6.07) is 5.22. The number of hydrogen-bond donors (Lipinski definition) is 2. The zero-order valence-electron chi connectivity index (χ0n) is 30.4. The van der Waals surface area contributed by atoms with E-state index in [2.05, 4.69) is 16.6 Å². The van der Waals surface area contributed by atoms with Crippen LogP contribution in [0, 0.1) is 12.3 Å². The first-order valence-electron chi connectivity index (χ1n) is 16.8. The standard InChI is InChI=1S/C36H48N2O14/c1-8-10-11-12-17-48-36(35(45)46-7)19-28(49-23(4)40)32(38-31(44)21-47-22(3)39)34(52-36)33(51-25(6)42)29(50-24(5)41)20-37-30(43)18-27-15-13-26(9-2)14-16-27/h2,13-16,28-29,32-34H,8,10-12,17-21H2,1,3-7H3,(H,37,43)(H,38,44)/t28-,29+,32+,33+,34+,36+/m0/s1. The molecule has 286 valence electrons. The van der Waals surface area contributed by atoms with E-state index >= 15 is 0 Å². The first-order chi connectivity index (χ1) is 24.6. The van der Waals surface area contributed by atoms with E-state index in [0.717, 1.165) is 54.1 Å². The number of benzene rings is 1. The summed E-state index contributed by atoms with van der Waals surface area (Å²) in [6.07, 6.45) is 1.55. The fourth-order valence-electron chi connectivity index (χ4n) is 5.48. The SMILES string of the molecule is C#Cc1ccc(CC(=O)NC[C@@H](OC(C)=O)[C@@H](OC(C)=O)[C@@H]2O[C@@](OCCCCCC)(C(=O)OC)C[C@H](OC(C)=O)[C@H]2NC(=O)COC(C)=O)cc1. The van der Waals surface area contributed by atoms with Crippen molar-refractivity contribution in [1.82, 2.24) is 10.6 Å². The molecule has 0 spiro atoms. The van der Waals surface area contributed by atoms with Crippen molar-refractivity contribution in [3.8, 4) is 12.3 Å². The Labute approximate surface area is 302 Å². The summed E-state index contributed by atoms with van der Waals surface area (Å²) < 4.78 is 39.0. The monoisotopic (exact) mass is 732 g/mol. The molecule has 0 aromatic heterocycles. The molecule has 1 aromatic carbocycles. The molecule has 1 aliphatic rings. The van der Waals surface area contributed by atoms with E-state index in [0.29, 0.717) is 17.5 Å². The van der Waals surface area contributed by atoms with Gasteiger partial charge in [0.05, 0.1) is 39.1 Å². The molecule has 16 nitrogen and oxygen atoms in total. The minimum Gasteiger partial charge on any atom is -0.465 e. The van der Waals surface area contributed by atoms with E-state index in [9.17, 15) is 33.6 Å². The van der Waals surface area contributed by atoms with Crippen LogP contribution in [0.25, 0.3) is 0 Å². The maximum atomic E-state index is 13.5. The van der Waals surface area contributed by atoms with Crippen LogP contribution < -0.4 is 10.6 Å². The van der Waals surface area contributed by atoms with Gasteiger partial charge in [-0.3, -0.25) is 28.8 Å². The van der Waals surface area contributed by atoms with Gasteiger partial charge in [0.2, 0.25) is 5.91 Å². The molecule has 16 heteroatoms. The molecule has 1 aromatic rings. The Morgan fingerprint density at radius 2 is 1.60 bits per heavy atom. The first-order valence-corrected chi connectivity index (χ1v) is 16.8. The zero-order valence-corrected chi connectivity index (χ0v) is 30.4. The summed E-state index contributed by atoms with van der Waals surface area (Å²) in [6.45, 7) is 5.10. The van der Waals surface area contributed by atoms with Crippen LogP contribution in [0.1, 0.15) is 77.8 Å². The molecular weight excluding hydrogens is 684 g/mol. The minimum absolute atomic E-state index is 0.0118. The van der Waals surface area contributed by atoms with Gasteiger partial charge in [0.25, 0.3) is 11.7 Å². The third kappa shape index (κ3) is 14.0. The predicted molar refractivity (Wildman–Crippen MR) is 181 cm³/mol. The molecule has 0 unspecified atom stereocenters. The molecule has 0 saturated carbocycles. The summed E-state index contributed by atoms with van der Waals surface area (Å²) in [7, 11) is 1.08. The van der Waals surface area contributed by atoms with Gasteiger partial charge in [-0.05, 0) is 24.1 Å². The molecule has 1 saturated heterocycles. The van der Waals surface area contributed by atoms with Crippen LogP contribution in [0.5, 0.6) is 0 Å². The largest absolute Gasteiger partial charge is 0.465 e. The first kappa shape index (κ1) is 43.2. The Morgan fingerprint density at radius 1 is 0.923 bits per heavy atom. The van der Waals surface area contributed by atoms with Gasteiger partial charge in [-0.25, -0.2) is 4.79 Å². The molecule has 2 rings (SSSR count). The van der Waals surface area contributed by atoms with Crippen LogP contribution >= 0.6 is 0 Å². The lowest BCUT2D eigenvalue weighted by atomic mass is 9.87. The van der Waals surface area contributed by atoms with Gasteiger partial charge in [0.1, 0.15) is 12.2 Å². The van der Waals surface area contributed by atoms with Crippen LogP contribution in [0.15, 0.2) is 24.3 Å². The summed E-state index contributed by atoms with van der Waals surface area (Å²) in [5.74, 6) is -5.58. The Kier molecular flexibility index (Phi) is 17.7. The number of carbonyl (C=O) groups excluding carboxylic acids is 7. The zero-order chi connectivity index (χ0) is 38.8. The summed E-state index contributed by atoms with van der Waals surface area (Å²) in [5.41, 5.74) is 1.23. The summed E-state index contributed by atoms with van der Waals surface area (Å²) >= 11 is 0. The number of carbonyl (C=O) groups is 7. The number of terminal acetylenes is 1. The maximum Gasteiger partial charge on any atom is 0.366 e. The predicted octanol–water partition coefficient (Wildman–Crippen LogP) is 1.42. The highest BCUT2D eigenvalue weighted by Gasteiger charge is 2.59. The molecule has 2 amide bonds. The molecule has 1 heterocycles. The third-order valence-electron chi connectivity index (χ3n) is 7.73. The smallest absolute Gasteiger partial charge is 0.366 e. The second-order valence-electron chi connectivity index (χ2n) is 12.0. The minimum atomic E-state index is -2.28. The van der Waals surface area contributed by atoms with Gasteiger partial charge in [0, 0.05) is 33.3 Å². The summed E-state index contributed by atoms with van der Waals surface area (Å²) in [5, 5.41) is 5.21. The normalized spacial score (nSPS) is 20.5. The Bertz CT molecular complexity index is 1460. The fraction of sp³-hybridized carbons (Fsp3) is 0.583. The van der Waals surface area contributed by atoms with E-state index in [1.807, 2.05) is 6.92 Å². The molecule has 6 atom stereocenters. The summed E-state index contributed by atoms with van der Waals surface area (Å²) in [4.78, 5) is 88.6. The number of amides is 2. The van der Waals surface area contributed by atoms with Gasteiger partial charge in [-0.1, -0.05) is 44.2 Å². The number of esters is 5. The van der Waals surface area contributed by atoms with E-state index in [4.69, 9.17) is 39.6 Å². The third-order valence-corrected chi connectivity index (χ3v) is 7.73. The van der Waals surface area contributed by atoms with Crippen molar-refractivity contribution in [2.75, 3.05) is 26.9 Å². The van der Waals surface area contributed by atoms with Gasteiger partial charge >= 0.3 is 29.8 Å². The van der Waals surface area contributed by atoms with Crippen LogP contribution in [-0.4, -0.2) is 105 Å². The molecular formula is C36H48N2O14. The van der Waals surface area contributed by atoms with Crippen molar-refractivity contribution >= 4 is 41.7 Å². The number of ether oxygens (including phenoxy) is 7. The lowest BCUT2D eigenvalue weighted by molar-refractivity contribution is -0.313. The highest BCUT2D eigenvalue weighted by molar-refractivity contribution is 5.81. The van der Waals surface area contributed by atoms with Gasteiger partial charge in [0.15, 0.2) is 18.8 Å². The van der Waals surface area contributed by atoms with Crippen molar-refractivity contribution in [3.63, 3.8) is 0 Å². The highest BCUT2D eigenvalue weighted by Crippen LogP contribution is 2.37. The van der Waals surface area contributed by atoms with Gasteiger partial charge in [-0.2, -0.15) is 0 Å². The maximum absolute atomic E-state index is 13.5. The molecule has 0 aliphatic carbocycles. The van der Waals surface area contributed by atoms with Crippen molar-refractivity contribution in [2.45, 2.75) is 109 Å². The number of rotatable bonds is 19. The number of nitrogens with one attached hydrogen (secondary N) is 2. The molecule has 1 aliphatic heterocycles. The second-order valence-corrected chi connectivity index (χ2v) is 12.0. The molecule has 0 radical (unpaired) electrons. The van der Waals surface area contributed by atoms with E-state index in [-0.39, 0.29) is 13.0 Å². The van der Waals surface area contributed by atoms with E-state index in [1.165, 1.54) is 0 Å². The van der Waals surface area contributed by atoms with Gasteiger partial charge < -0.3 is 43.8 Å². The van der Waals surface area contributed by atoms with Crippen molar-refractivity contribution in [1.29, 1.82) is 0 Å². The van der Waals surface area contributed by atoms with E-state index in [1.54, 1.807) is 24.3 Å². The lowest BCUT2D eigenvalue weighted by Crippen LogP contribution is -2.70. The number of methoxy groups -OCH3 is 1. The lowest BCUT2D eigenvalue weighted by Gasteiger charge is -2.48. The average Bonchev–Trinajstić information content (AvgIpc) is 3.08. The van der Waals surface area contributed by atoms with E-state index < -0.39 is 97.5 Å². The van der Waals surface area contributed by atoms with Crippen LogP contribution in [0.3, 0.4) is 0 Å². The molecule has 52 heavy (non-hydrogen) atoms. The van der Waals surface area contributed by atoms with Gasteiger partial charge in [-0.15, -0.1) is 6.42 Å². The van der Waals surface area contributed by atoms with Crippen molar-refractivity contribution in [2.24, 2.45) is 0 Å². The Morgan fingerprint density at radius 3 is 2.15 bits per heavy atom. The topological polar surface area (TPSA) is 208 Å². The molecule has 1 fully saturated rings. The fourth-order valence-corrected chi connectivity index (χ4v) is 5.48. The van der Waals surface area contributed by atoms with Crippen molar-refractivity contribution < 1.29 is 66.7 Å².